The first kappa shape index (κ1) is 22.1. The van der Waals surface area contributed by atoms with E-state index in [4.69, 9.17) is 4.74 Å². The van der Waals surface area contributed by atoms with Crippen LogP contribution in [-0.2, 0) is 4.74 Å². The highest BCUT2D eigenvalue weighted by molar-refractivity contribution is 9.10. The Labute approximate surface area is 182 Å². The van der Waals surface area contributed by atoms with Crippen LogP contribution < -0.4 is 0 Å². The number of nitrogens with zero attached hydrogens (tertiary/aromatic N) is 1. The SMILES string of the molecule is CC(C)(C)OC(=O)N1CCC(c2cc(F)ccc2Sc2ccc(Br)cc2F)CC1. The molecular weight excluding hydrogens is 460 g/mol. The van der Waals surface area contributed by atoms with Crippen molar-refractivity contribution in [2.24, 2.45) is 0 Å². The van der Waals surface area contributed by atoms with E-state index in [0.29, 0.717) is 35.3 Å². The minimum absolute atomic E-state index is 0.102. The normalized spacial score (nSPS) is 15.4. The van der Waals surface area contributed by atoms with E-state index in [1.807, 2.05) is 20.8 Å². The molecule has 0 unspecified atom stereocenters. The van der Waals surface area contributed by atoms with Crippen LogP contribution in [-0.4, -0.2) is 29.7 Å². The fourth-order valence-electron chi connectivity index (χ4n) is 3.31. The van der Waals surface area contributed by atoms with Crippen molar-refractivity contribution in [2.75, 3.05) is 13.1 Å². The maximum absolute atomic E-state index is 14.3. The number of rotatable bonds is 3. The molecule has 2 aromatic rings. The number of hydrogen-bond acceptors (Lipinski definition) is 3. The van der Waals surface area contributed by atoms with E-state index in [2.05, 4.69) is 15.9 Å². The molecule has 0 radical (unpaired) electrons. The molecule has 156 valence electrons. The molecule has 0 atom stereocenters. The van der Waals surface area contributed by atoms with Crippen molar-refractivity contribution in [3.8, 4) is 0 Å². The van der Waals surface area contributed by atoms with E-state index in [1.54, 1.807) is 23.1 Å². The molecule has 1 saturated heterocycles. The Morgan fingerprint density at radius 3 is 2.38 bits per heavy atom. The molecule has 3 rings (SSSR count). The number of carbonyl (C=O) groups is 1. The first-order chi connectivity index (χ1) is 13.6. The van der Waals surface area contributed by atoms with Crippen LogP contribution in [0.4, 0.5) is 13.6 Å². The lowest BCUT2D eigenvalue weighted by molar-refractivity contribution is 0.0204. The summed E-state index contributed by atoms with van der Waals surface area (Å²) in [5.41, 5.74) is 0.329. The third kappa shape index (κ3) is 5.95. The van der Waals surface area contributed by atoms with Crippen molar-refractivity contribution >= 4 is 33.8 Å². The summed E-state index contributed by atoms with van der Waals surface area (Å²) in [5.74, 6) is -0.528. The molecule has 0 spiro atoms. The maximum atomic E-state index is 14.3. The van der Waals surface area contributed by atoms with Crippen LogP contribution in [0.15, 0.2) is 50.7 Å². The number of carbonyl (C=O) groups excluding carboxylic acids is 1. The Bertz CT molecular complexity index is 893. The molecule has 7 heteroatoms. The van der Waals surface area contributed by atoms with Gasteiger partial charge in [0.05, 0.1) is 0 Å². The molecule has 3 nitrogen and oxygen atoms in total. The fourth-order valence-corrected chi connectivity index (χ4v) is 4.65. The highest BCUT2D eigenvalue weighted by Gasteiger charge is 2.29. The predicted molar refractivity (Wildman–Crippen MR) is 114 cm³/mol. The summed E-state index contributed by atoms with van der Waals surface area (Å²) < 4.78 is 34.4. The van der Waals surface area contributed by atoms with Gasteiger partial charge in [0.15, 0.2) is 0 Å². The van der Waals surface area contributed by atoms with Crippen LogP contribution in [0.25, 0.3) is 0 Å². The topological polar surface area (TPSA) is 29.5 Å². The largest absolute Gasteiger partial charge is 0.444 e. The van der Waals surface area contributed by atoms with E-state index in [-0.39, 0.29) is 23.6 Å². The van der Waals surface area contributed by atoms with Crippen LogP contribution in [0, 0.1) is 11.6 Å². The summed E-state index contributed by atoms with van der Waals surface area (Å²) in [7, 11) is 0. The summed E-state index contributed by atoms with van der Waals surface area (Å²) in [4.78, 5) is 15.3. The summed E-state index contributed by atoms with van der Waals surface area (Å²) in [6.45, 7) is 6.62. The van der Waals surface area contributed by atoms with Gasteiger partial charge in [-0.25, -0.2) is 13.6 Å². The van der Waals surface area contributed by atoms with Crippen LogP contribution in [0.1, 0.15) is 45.1 Å². The van der Waals surface area contributed by atoms with Crippen molar-refractivity contribution in [1.82, 2.24) is 4.90 Å². The lowest BCUT2D eigenvalue weighted by Gasteiger charge is -2.34. The van der Waals surface area contributed by atoms with Gasteiger partial charge >= 0.3 is 6.09 Å². The van der Waals surface area contributed by atoms with Gasteiger partial charge in [-0.1, -0.05) is 27.7 Å². The van der Waals surface area contributed by atoms with Gasteiger partial charge in [0, 0.05) is 27.4 Å². The minimum atomic E-state index is -0.533. The van der Waals surface area contributed by atoms with Gasteiger partial charge in [-0.3, -0.25) is 0 Å². The summed E-state index contributed by atoms with van der Waals surface area (Å²) >= 11 is 4.56. The average Bonchev–Trinajstić information content (AvgIpc) is 2.64. The standard InChI is InChI=1S/C22H24BrF2NO2S/c1-22(2,3)28-21(27)26-10-8-14(9-11-26)17-13-16(24)5-7-19(17)29-20-6-4-15(23)12-18(20)25/h4-7,12-14H,8-11H2,1-3H3. The highest BCUT2D eigenvalue weighted by atomic mass is 79.9. The second kappa shape index (κ2) is 9.04. The van der Waals surface area contributed by atoms with Gasteiger partial charge < -0.3 is 9.64 Å². The monoisotopic (exact) mass is 483 g/mol. The van der Waals surface area contributed by atoms with Gasteiger partial charge in [0.2, 0.25) is 0 Å². The molecule has 0 saturated carbocycles. The number of benzene rings is 2. The molecule has 0 N–H and O–H groups in total. The quantitative estimate of drug-likeness (QED) is 0.470. The van der Waals surface area contributed by atoms with E-state index < -0.39 is 5.60 Å². The summed E-state index contributed by atoms with van der Waals surface area (Å²) in [6.07, 6.45) is 1.10. The van der Waals surface area contributed by atoms with Crippen molar-refractivity contribution in [2.45, 2.75) is 54.9 Å². The Hall–Kier alpha value is -1.60. The molecule has 1 aliphatic rings. The molecule has 1 fully saturated rings. The van der Waals surface area contributed by atoms with Gasteiger partial charge in [-0.05, 0) is 81.5 Å². The Kier molecular flexibility index (Phi) is 6.89. The molecule has 1 aliphatic heterocycles. The third-order valence-corrected chi connectivity index (χ3v) is 6.31. The number of likely N-dealkylation sites (tertiary alicyclic amines) is 1. The number of amides is 1. The molecule has 0 bridgehead atoms. The van der Waals surface area contributed by atoms with Crippen molar-refractivity contribution < 1.29 is 18.3 Å². The van der Waals surface area contributed by atoms with E-state index in [1.165, 1.54) is 30.0 Å². The van der Waals surface area contributed by atoms with Crippen LogP contribution in [0.5, 0.6) is 0 Å². The predicted octanol–water partition coefficient (Wildman–Crippen LogP) is 6.99. The Morgan fingerprint density at radius 2 is 1.76 bits per heavy atom. The Balaban J connectivity index is 1.74. The van der Waals surface area contributed by atoms with Crippen LogP contribution in [0.2, 0.25) is 0 Å². The van der Waals surface area contributed by atoms with Gasteiger partial charge in [-0.15, -0.1) is 0 Å². The molecule has 29 heavy (non-hydrogen) atoms. The molecule has 0 aromatic heterocycles. The lowest BCUT2D eigenvalue weighted by Crippen LogP contribution is -2.41. The molecular formula is C22H24BrF2NO2S. The second-order valence-electron chi connectivity index (χ2n) is 8.10. The van der Waals surface area contributed by atoms with Crippen molar-refractivity contribution in [3.05, 3.63) is 58.1 Å². The first-order valence-corrected chi connectivity index (χ1v) is 11.1. The average molecular weight is 484 g/mol. The van der Waals surface area contributed by atoms with E-state index in [9.17, 15) is 13.6 Å². The zero-order valence-electron chi connectivity index (χ0n) is 16.7. The zero-order chi connectivity index (χ0) is 21.2. The Morgan fingerprint density at radius 1 is 1.10 bits per heavy atom. The summed E-state index contributed by atoms with van der Waals surface area (Å²) in [5, 5.41) is 0. The maximum Gasteiger partial charge on any atom is 0.410 e. The van der Waals surface area contributed by atoms with Crippen molar-refractivity contribution in [3.63, 3.8) is 0 Å². The second-order valence-corrected chi connectivity index (χ2v) is 10.1. The number of piperidine rings is 1. The molecule has 2 aromatic carbocycles. The van der Waals surface area contributed by atoms with Crippen molar-refractivity contribution in [1.29, 1.82) is 0 Å². The van der Waals surface area contributed by atoms with E-state index >= 15 is 0 Å². The fraction of sp³-hybridized carbons (Fsp3) is 0.409. The minimum Gasteiger partial charge on any atom is -0.444 e. The molecule has 1 heterocycles. The number of hydrogen-bond donors (Lipinski definition) is 0. The first-order valence-electron chi connectivity index (χ1n) is 9.52. The van der Waals surface area contributed by atoms with E-state index in [0.717, 1.165) is 10.5 Å². The number of ether oxygens (including phenoxy) is 1. The zero-order valence-corrected chi connectivity index (χ0v) is 19.1. The summed E-state index contributed by atoms with van der Waals surface area (Å²) in [6, 6.07) is 9.56. The van der Waals surface area contributed by atoms with Gasteiger partial charge in [-0.2, -0.15) is 0 Å². The third-order valence-electron chi connectivity index (χ3n) is 4.67. The van der Waals surface area contributed by atoms with Gasteiger partial charge in [0.25, 0.3) is 0 Å². The van der Waals surface area contributed by atoms with Gasteiger partial charge in [0.1, 0.15) is 17.2 Å². The highest BCUT2D eigenvalue weighted by Crippen LogP contribution is 2.39. The smallest absolute Gasteiger partial charge is 0.410 e. The van der Waals surface area contributed by atoms with Crippen LogP contribution >= 0.6 is 27.7 Å². The molecule has 0 aliphatic carbocycles. The molecule has 1 amide bonds. The lowest BCUT2D eigenvalue weighted by atomic mass is 9.89. The number of halogens is 3. The van der Waals surface area contributed by atoms with Crippen LogP contribution in [0.3, 0.4) is 0 Å².